The molecule has 4 rings (SSSR count). The molecule has 1 aliphatic rings. The third-order valence-electron chi connectivity index (χ3n) is 4.72. The molecule has 0 aliphatic carbocycles. The minimum absolute atomic E-state index is 0.412. The summed E-state index contributed by atoms with van der Waals surface area (Å²) in [4.78, 5) is 25.6. The largest absolute Gasteiger partial charge is 0.494 e. The van der Waals surface area contributed by atoms with E-state index in [4.69, 9.17) is 4.74 Å². The molecule has 0 N–H and O–H groups in total. The van der Waals surface area contributed by atoms with Gasteiger partial charge in [0.05, 0.1) is 23.9 Å². The first-order valence-electron chi connectivity index (χ1n) is 9.36. The van der Waals surface area contributed by atoms with Gasteiger partial charge in [-0.25, -0.2) is 0 Å². The number of nitrogens with zero attached hydrogens (tertiary/aromatic N) is 2. The van der Waals surface area contributed by atoms with Crippen LogP contribution >= 0.6 is 0 Å². The molecule has 5 nitrogen and oxygen atoms in total. The maximum Gasteiger partial charge on any atom is 0.282 e. The van der Waals surface area contributed by atoms with Crippen molar-refractivity contribution in [2.24, 2.45) is 5.10 Å². The van der Waals surface area contributed by atoms with E-state index in [1.165, 1.54) is 6.21 Å². The molecule has 0 bridgehead atoms. The third kappa shape index (κ3) is 3.27. The Morgan fingerprint density at radius 2 is 1.57 bits per heavy atom. The molecule has 3 aromatic rings. The summed E-state index contributed by atoms with van der Waals surface area (Å²) in [7, 11) is 0. The summed E-state index contributed by atoms with van der Waals surface area (Å²) < 4.78 is 5.64. The summed E-state index contributed by atoms with van der Waals surface area (Å²) in [5.41, 5.74) is 1.76. The molecule has 1 heterocycles. The predicted molar refractivity (Wildman–Crippen MR) is 109 cm³/mol. The number of imide groups is 1. The number of benzene rings is 3. The Bertz CT molecular complexity index is 1020. The van der Waals surface area contributed by atoms with E-state index >= 15 is 0 Å². The quantitative estimate of drug-likeness (QED) is 0.359. The molecular formula is C23H20N2O3. The van der Waals surface area contributed by atoms with Crippen molar-refractivity contribution in [2.75, 3.05) is 6.61 Å². The highest BCUT2D eigenvalue weighted by molar-refractivity contribution is 6.25. The SMILES string of the molecule is CCCCOc1ccc(/C=N\N2C(=O)c3cccc4cccc(c34)C2=O)cc1. The van der Waals surface area contributed by atoms with Gasteiger partial charge in [-0.15, -0.1) is 0 Å². The van der Waals surface area contributed by atoms with E-state index in [1.54, 1.807) is 12.1 Å². The Kier molecular flexibility index (Phi) is 4.89. The number of carbonyl (C=O) groups excluding carboxylic acids is 2. The Morgan fingerprint density at radius 1 is 0.929 bits per heavy atom. The van der Waals surface area contributed by atoms with Crippen molar-refractivity contribution >= 4 is 28.8 Å². The van der Waals surface area contributed by atoms with E-state index in [0.717, 1.165) is 34.5 Å². The molecule has 0 atom stereocenters. The number of unbranched alkanes of at least 4 members (excludes halogenated alkanes) is 1. The highest BCUT2D eigenvalue weighted by Crippen LogP contribution is 2.30. The first-order chi connectivity index (χ1) is 13.7. The van der Waals surface area contributed by atoms with Crippen LogP contribution in [-0.4, -0.2) is 29.6 Å². The predicted octanol–water partition coefficient (Wildman–Crippen LogP) is 4.65. The van der Waals surface area contributed by atoms with Crippen LogP contribution in [0, 0.1) is 0 Å². The van der Waals surface area contributed by atoms with Gasteiger partial charge in [-0.05, 0) is 53.8 Å². The third-order valence-corrected chi connectivity index (χ3v) is 4.72. The smallest absolute Gasteiger partial charge is 0.282 e. The van der Waals surface area contributed by atoms with Crippen LogP contribution in [0.15, 0.2) is 65.8 Å². The molecule has 0 radical (unpaired) electrons. The zero-order valence-electron chi connectivity index (χ0n) is 15.6. The van der Waals surface area contributed by atoms with Gasteiger partial charge in [-0.2, -0.15) is 10.1 Å². The summed E-state index contributed by atoms with van der Waals surface area (Å²) in [6.07, 6.45) is 3.61. The number of hydrogen-bond donors (Lipinski definition) is 0. The topological polar surface area (TPSA) is 59.0 Å². The van der Waals surface area contributed by atoms with Gasteiger partial charge >= 0.3 is 0 Å². The number of hydrazone groups is 1. The van der Waals surface area contributed by atoms with Crippen LogP contribution in [0.5, 0.6) is 5.75 Å². The number of rotatable bonds is 6. The van der Waals surface area contributed by atoms with Crippen molar-refractivity contribution in [1.29, 1.82) is 0 Å². The van der Waals surface area contributed by atoms with E-state index in [9.17, 15) is 9.59 Å². The fourth-order valence-corrected chi connectivity index (χ4v) is 3.23. The van der Waals surface area contributed by atoms with Crippen LogP contribution in [-0.2, 0) is 0 Å². The average molecular weight is 372 g/mol. The Balaban J connectivity index is 1.57. The highest BCUT2D eigenvalue weighted by atomic mass is 16.5. The average Bonchev–Trinajstić information content (AvgIpc) is 2.73. The van der Waals surface area contributed by atoms with Crippen LogP contribution in [0.4, 0.5) is 0 Å². The van der Waals surface area contributed by atoms with Crippen LogP contribution in [0.2, 0.25) is 0 Å². The lowest BCUT2D eigenvalue weighted by Gasteiger charge is -2.22. The summed E-state index contributed by atoms with van der Waals surface area (Å²) in [5.74, 6) is -0.0357. The lowest BCUT2D eigenvalue weighted by molar-refractivity contribution is 0.0616. The van der Waals surface area contributed by atoms with Gasteiger partial charge in [0.2, 0.25) is 0 Å². The number of hydrogen-bond acceptors (Lipinski definition) is 4. The number of carbonyl (C=O) groups is 2. The molecule has 140 valence electrons. The summed E-state index contributed by atoms with van der Waals surface area (Å²) in [5, 5.41) is 6.68. The molecule has 1 aliphatic heterocycles. The van der Waals surface area contributed by atoms with Gasteiger partial charge < -0.3 is 4.74 Å². The molecule has 0 spiro atoms. The van der Waals surface area contributed by atoms with E-state index in [-0.39, 0.29) is 0 Å². The fourth-order valence-electron chi connectivity index (χ4n) is 3.23. The minimum atomic E-state index is -0.412. The standard InChI is InChI=1S/C23H20N2O3/c1-2-3-14-28-18-12-10-16(11-13-18)15-24-25-22(26)19-8-4-6-17-7-5-9-20(21(17)19)23(25)27/h4-13,15H,2-3,14H2,1H3/b24-15-. The van der Waals surface area contributed by atoms with Gasteiger partial charge in [0.25, 0.3) is 11.8 Å². The van der Waals surface area contributed by atoms with Crippen molar-refractivity contribution in [3.63, 3.8) is 0 Å². The van der Waals surface area contributed by atoms with Crippen molar-refractivity contribution < 1.29 is 14.3 Å². The zero-order chi connectivity index (χ0) is 19.5. The van der Waals surface area contributed by atoms with Crippen molar-refractivity contribution in [3.05, 3.63) is 77.4 Å². The molecule has 5 heteroatoms. The lowest BCUT2D eigenvalue weighted by Crippen LogP contribution is -2.36. The molecule has 0 unspecified atom stereocenters. The molecular weight excluding hydrogens is 352 g/mol. The lowest BCUT2D eigenvalue weighted by atomic mass is 9.95. The van der Waals surface area contributed by atoms with Crippen molar-refractivity contribution in [1.82, 2.24) is 5.01 Å². The second-order valence-electron chi connectivity index (χ2n) is 6.65. The van der Waals surface area contributed by atoms with E-state index in [1.807, 2.05) is 48.5 Å². The Labute approximate surface area is 163 Å². The van der Waals surface area contributed by atoms with Crippen LogP contribution in [0.25, 0.3) is 10.8 Å². The summed E-state index contributed by atoms with van der Waals surface area (Å²) >= 11 is 0. The molecule has 0 saturated heterocycles. The maximum atomic E-state index is 12.8. The second-order valence-corrected chi connectivity index (χ2v) is 6.65. The first kappa shape index (κ1) is 17.9. The van der Waals surface area contributed by atoms with Gasteiger partial charge in [0.15, 0.2) is 0 Å². The number of amides is 2. The monoisotopic (exact) mass is 372 g/mol. The fraction of sp³-hybridized carbons (Fsp3) is 0.174. The van der Waals surface area contributed by atoms with Crippen molar-refractivity contribution in [2.45, 2.75) is 19.8 Å². The van der Waals surface area contributed by atoms with E-state index < -0.39 is 11.8 Å². The summed E-state index contributed by atoms with van der Waals surface area (Å²) in [6.45, 7) is 2.80. The maximum absolute atomic E-state index is 12.8. The Hall–Kier alpha value is -3.47. The van der Waals surface area contributed by atoms with Crippen molar-refractivity contribution in [3.8, 4) is 5.75 Å². The number of ether oxygens (including phenoxy) is 1. The minimum Gasteiger partial charge on any atom is -0.494 e. The molecule has 2 amide bonds. The second kappa shape index (κ2) is 7.64. The molecule has 0 aromatic heterocycles. The van der Waals surface area contributed by atoms with E-state index in [2.05, 4.69) is 12.0 Å². The normalized spacial score (nSPS) is 13.5. The molecule has 3 aromatic carbocycles. The molecule has 0 saturated carbocycles. The van der Waals surface area contributed by atoms with Gasteiger partial charge in [-0.1, -0.05) is 37.6 Å². The van der Waals surface area contributed by atoms with Crippen LogP contribution in [0.1, 0.15) is 46.0 Å². The van der Waals surface area contributed by atoms with Gasteiger partial charge in [0, 0.05) is 5.39 Å². The van der Waals surface area contributed by atoms with Crippen LogP contribution < -0.4 is 4.74 Å². The Morgan fingerprint density at radius 3 is 2.18 bits per heavy atom. The first-order valence-corrected chi connectivity index (χ1v) is 9.36. The zero-order valence-corrected chi connectivity index (χ0v) is 15.6. The van der Waals surface area contributed by atoms with Gasteiger partial charge in [0.1, 0.15) is 5.75 Å². The highest BCUT2D eigenvalue weighted by Gasteiger charge is 2.32. The van der Waals surface area contributed by atoms with Crippen LogP contribution in [0.3, 0.4) is 0 Å². The van der Waals surface area contributed by atoms with Gasteiger partial charge in [-0.3, -0.25) is 9.59 Å². The molecule has 28 heavy (non-hydrogen) atoms. The van der Waals surface area contributed by atoms with E-state index in [0.29, 0.717) is 23.1 Å². The summed E-state index contributed by atoms with van der Waals surface area (Å²) in [6, 6.07) is 18.3. The molecule has 0 fully saturated rings.